The van der Waals surface area contributed by atoms with Crippen LogP contribution in [-0.2, 0) is 53.8 Å². The predicted octanol–water partition coefficient (Wildman–Crippen LogP) is 7.79. The van der Waals surface area contributed by atoms with Gasteiger partial charge < -0.3 is 30.2 Å². The molecule has 20 heteroatoms. The van der Waals surface area contributed by atoms with Crippen LogP contribution in [0.5, 0.6) is 0 Å². The Labute approximate surface area is 461 Å². The van der Waals surface area contributed by atoms with E-state index in [-0.39, 0.29) is 74.6 Å². The standard InChI is InChI=1S/C25H42ClN3O4S.C25H40ClN3O4S.B.Na.H/c2*1-24(2,3)33-23(30)29-16-14-21(18-29)32-17-8-7-11-20(28-34(31)25(4,5)6)13-12-19-10-9-15-27-22(19)26;;;/h9-10,15,20-21,28H,7-8,11-14,16-18H2,1-6H3;9-10,15,21H,7-8,11-14,16-18H2,1-6H3;;;/q;;;+1;-1/t20?,21-,34-;21-,34-;;;/m11.../s1. The molecule has 2 aliphatic heterocycles. The first-order chi connectivity index (χ1) is 31.7. The second-order valence-corrected chi connectivity index (χ2v) is 26.1. The molecule has 2 aromatic heterocycles. The van der Waals surface area contributed by atoms with E-state index in [1.54, 1.807) is 22.2 Å². The largest absolute Gasteiger partial charge is 1.00 e. The number of likely N-dealkylation sites (tertiary alicyclic amines) is 2. The Balaban J connectivity index is 0.00000132. The summed E-state index contributed by atoms with van der Waals surface area (Å²) in [5.41, 5.74) is 1.94. The number of halogens is 2. The molecule has 1 N–H and O–H groups in total. The average molecular weight is 1070 g/mol. The summed E-state index contributed by atoms with van der Waals surface area (Å²) >= 11 is 12.4. The zero-order chi connectivity index (χ0) is 50.7. The van der Waals surface area contributed by atoms with E-state index in [1.807, 2.05) is 107 Å². The molecule has 1 unspecified atom stereocenters. The van der Waals surface area contributed by atoms with Crippen molar-refractivity contribution < 1.29 is 67.9 Å². The number of hydrogen-bond donors (Lipinski definition) is 1. The van der Waals surface area contributed by atoms with Crippen LogP contribution < -0.4 is 34.3 Å². The number of carbonyl (C=O) groups excluding carboxylic acids is 2. The number of aromatic nitrogens is 2. The molecule has 0 spiro atoms. The fraction of sp³-hybridized carbons (Fsp3) is 0.740. The third kappa shape index (κ3) is 27.0. The molecule has 70 heavy (non-hydrogen) atoms. The quantitative estimate of drug-likeness (QED) is 0.0566. The van der Waals surface area contributed by atoms with Gasteiger partial charge in [0, 0.05) is 58.9 Å². The molecule has 4 heterocycles. The fourth-order valence-electron chi connectivity index (χ4n) is 7.02. The summed E-state index contributed by atoms with van der Waals surface area (Å²) in [5, 5.41) is 1.03. The van der Waals surface area contributed by atoms with E-state index < -0.39 is 37.9 Å². The van der Waals surface area contributed by atoms with Gasteiger partial charge in [-0.2, -0.15) is 4.40 Å². The van der Waals surface area contributed by atoms with Gasteiger partial charge in [0.2, 0.25) is 0 Å². The summed E-state index contributed by atoms with van der Waals surface area (Å²) in [6.45, 7) is 26.7. The fourth-order valence-corrected chi connectivity index (χ4v) is 9.03. The van der Waals surface area contributed by atoms with E-state index in [9.17, 15) is 18.0 Å². The molecule has 4 rings (SSSR count). The van der Waals surface area contributed by atoms with Crippen LogP contribution in [0.3, 0.4) is 0 Å². The number of pyridine rings is 2. The molecule has 0 aliphatic carbocycles. The molecule has 2 aliphatic rings. The normalized spacial score (nSPS) is 17.9. The van der Waals surface area contributed by atoms with Crippen LogP contribution >= 0.6 is 23.2 Å². The molecule has 14 nitrogen and oxygen atoms in total. The third-order valence-corrected chi connectivity index (χ3v) is 14.6. The molecule has 0 aromatic carbocycles. The minimum absolute atomic E-state index is 0. The Morgan fingerprint density at radius 1 is 0.729 bits per heavy atom. The summed E-state index contributed by atoms with van der Waals surface area (Å²) in [5.74, 6) is 0. The van der Waals surface area contributed by atoms with Crippen LogP contribution in [0.15, 0.2) is 41.1 Å². The summed E-state index contributed by atoms with van der Waals surface area (Å²) < 4.78 is 55.3. The van der Waals surface area contributed by atoms with E-state index >= 15 is 0 Å². The Bertz CT molecular complexity index is 1970. The molecular weight excluding hydrogens is 981 g/mol. The van der Waals surface area contributed by atoms with Crippen molar-refractivity contribution in [2.75, 3.05) is 39.4 Å². The van der Waals surface area contributed by atoms with Gasteiger partial charge in [-0.25, -0.2) is 32.7 Å². The third-order valence-electron chi connectivity index (χ3n) is 10.8. The van der Waals surface area contributed by atoms with Crippen LogP contribution in [0.4, 0.5) is 9.59 Å². The average Bonchev–Trinajstić information content (AvgIpc) is 3.91. The minimum Gasteiger partial charge on any atom is -1.00 e. The van der Waals surface area contributed by atoms with Crippen molar-refractivity contribution in [1.82, 2.24) is 24.5 Å². The minimum atomic E-state index is -1.30. The van der Waals surface area contributed by atoms with Crippen molar-refractivity contribution in [3.8, 4) is 0 Å². The Morgan fingerprint density at radius 2 is 1.20 bits per heavy atom. The molecule has 2 fully saturated rings. The Hall–Kier alpha value is -1.67. The van der Waals surface area contributed by atoms with Gasteiger partial charge in [0.1, 0.15) is 32.5 Å². The SMILES string of the molecule is CC(C)(C)OC(=O)N1CC[C@@H](OCCCCC(CCc2cccnc2Cl)=N[S@](=O)C(C)(C)C)C1.CC(C)(C)OC(=O)N1CC[C@@H](OCCCCC(CCc2cccnc2Cl)N[S@](=O)C(C)(C)C)C1.[B].[H-].[Na+]. The Morgan fingerprint density at radius 3 is 1.64 bits per heavy atom. The second-order valence-electron chi connectivity index (χ2n) is 21.5. The zero-order valence-corrected chi connectivity index (χ0v) is 49.7. The predicted molar refractivity (Wildman–Crippen MR) is 284 cm³/mol. The van der Waals surface area contributed by atoms with Gasteiger partial charge in [0.15, 0.2) is 0 Å². The number of unbranched alkanes of at least 4 members (excludes halogenated alkanes) is 2. The van der Waals surface area contributed by atoms with Gasteiger partial charge in [-0.05, 0) is 183 Å². The summed E-state index contributed by atoms with van der Waals surface area (Å²) in [4.78, 5) is 36.1. The first-order valence-corrected chi connectivity index (χ1v) is 27.3. The van der Waals surface area contributed by atoms with Crippen molar-refractivity contribution >= 4 is 71.5 Å². The molecule has 2 aromatic rings. The number of nitrogens with one attached hydrogen (secondary N) is 1. The van der Waals surface area contributed by atoms with Crippen LogP contribution in [0.2, 0.25) is 10.3 Å². The maximum atomic E-state index is 12.7. The monoisotopic (exact) mass is 1060 g/mol. The van der Waals surface area contributed by atoms with E-state index in [0.717, 1.165) is 81.0 Å². The molecule has 2 amide bonds. The van der Waals surface area contributed by atoms with E-state index in [0.29, 0.717) is 62.5 Å². The van der Waals surface area contributed by atoms with E-state index in [2.05, 4.69) is 19.1 Å². The Kier molecular flexibility index (Phi) is 30.3. The van der Waals surface area contributed by atoms with Crippen LogP contribution in [0.25, 0.3) is 0 Å². The van der Waals surface area contributed by atoms with Crippen LogP contribution in [0.1, 0.15) is 160 Å². The van der Waals surface area contributed by atoms with Crippen molar-refractivity contribution in [3.05, 3.63) is 58.1 Å². The van der Waals surface area contributed by atoms with Crippen molar-refractivity contribution in [3.63, 3.8) is 0 Å². The molecule has 2 saturated heterocycles. The van der Waals surface area contributed by atoms with Crippen LogP contribution in [-0.4, -0.2) is 133 Å². The molecular formula is C50H83BCl2N6NaO8S2. The number of hydrogen-bond acceptors (Lipinski definition) is 10. The van der Waals surface area contributed by atoms with Gasteiger partial charge >= 0.3 is 41.7 Å². The number of carbonyl (C=O) groups is 2. The molecule has 391 valence electrons. The van der Waals surface area contributed by atoms with Crippen LogP contribution in [0, 0.1) is 0 Å². The molecule has 0 bridgehead atoms. The van der Waals surface area contributed by atoms with Crippen molar-refractivity contribution in [2.24, 2.45) is 4.40 Å². The zero-order valence-electron chi connectivity index (χ0n) is 45.6. The van der Waals surface area contributed by atoms with Gasteiger partial charge in [-0.3, -0.25) is 0 Å². The number of amides is 2. The molecule has 0 saturated carbocycles. The van der Waals surface area contributed by atoms with Gasteiger partial charge in [0.25, 0.3) is 0 Å². The first kappa shape index (κ1) is 66.3. The molecule has 3 radical (unpaired) electrons. The van der Waals surface area contributed by atoms with E-state index in [1.165, 1.54) is 0 Å². The van der Waals surface area contributed by atoms with Gasteiger partial charge in [-0.1, -0.05) is 35.3 Å². The number of aryl methyl sites for hydroxylation is 2. The molecule has 5 atom stereocenters. The number of ether oxygens (including phenoxy) is 4. The summed E-state index contributed by atoms with van der Waals surface area (Å²) in [6, 6.07) is 7.83. The van der Waals surface area contributed by atoms with Crippen molar-refractivity contribution in [1.29, 1.82) is 0 Å². The number of nitrogens with zero attached hydrogens (tertiary/aromatic N) is 5. The maximum absolute atomic E-state index is 12.7. The summed E-state index contributed by atoms with van der Waals surface area (Å²) in [6.07, 6.45) is 12.9. The van der Waals surface area contributed by atoms with E-state index in [4.69, 9.17) is 42.1 Å². The summed E-state index contributed by atoms with van der Waals surface area (Å²) in [7, 11) is -2.43. The number of rotatable bonds is 21. The maximum Gasteiger partial charge on any atom is 1.00 e. The smallest absolute Gasteiger partial charge is 1.00 e. The van der Waals surface area contributed by atoms with Gasteiger partial charge in [0.05, 0.1) is 45.8 Å². The van der Waals surface area contributed by atoms with Gasteiger partial charge in [-0.15, -0.1) is 0 Å². The first-order valence-electron chi connectivity index (χ1n) is 24.2. The second kappa shape index (κ2) is 31.9. The topological polar surface area (TPSA) is 162 Å². The van der Waals surface area contributed by atoms with Crippen molar-refractivity contribution in [2.45, 2.75) is 199 Å².